The van der Waals surface area contributed by atoms with Gasteiger partial charge in [0.15, 0.2) is 0 Å². The van der Waals surface area contributed by atoms with E-state index in [1.165, 1.54) is 31.2 Å². The van der Waals surface area contributed by atoms with Crippen LogP contribution < -0.4 is 0 Å². The molecule has 1 aliphatic rings. The molecule has 86 valence electrons. The molecular weight excluding hydrogens is 196 g/mol. The van der Waals surface area contributed by atoms with E-state index < -0.39 is 0 Å². The topological polar surface area (TPSA) is 17.1 Å². The molecule has 1 aromatic rings. The lowest BCUT2D eigenvalue weighted by atomic mass is 9.71. The van der Waals surface area contributed by atoms with E-state index in [0.29, 0.717) is 5.78 Å². The van der Waals surface area contributed by atoms with Crippen LogP contribution in [0.15, 0.2) is 30.3 Å². The minimum absolute atomic E-state index is 0.183. The van der Waals surface area contributed by atoms with Gasteiger partial charge in [-0.15, -0.1) is 0 Å². The number of hydrogen-bond donors (Lipinski definition) is 0. The molecule has 0 atom stereocenters. The molecule has 0 aliphatic heterocycles. The highest BCUT2D eigenvalue weighted by atomic mass is 16.1. The molecule has 0 saturated heterocycles. The third-order valence-corrected chi connectivity index (χ3v) is 3.96. The Morgan fingerprint density at radius 3 is 2.06 bits per heavy atom. The molecule has 16 heavy (non-hydrogen) atoms. The number of ketones is 1. The van der Waals surface area contributed by atoms with Crippen molar-refractivity contribution < 1.29 is 4.79 Å². The fourth-order valence-electron chi connectivity index (χ4n) is 2.93. The fourth-order valence-corrected chi connectivity index (χ4v) is 2.93. The number of benzene rings is 1. The Kier molecular flexibility index (Phi) is 3.42. The normalized spacial score (nSPS) is 20.1. The molecule has 0 heterocycles. The van der Waals surface area contributed by atoms with Gasteiger partial charge in [0.25, 0.3) is 0 Å². The predicted molar refractivity (Wildman–Crippen MR) is 66.5 cm³/mol. The van der Waals surface area contributed by atoms with Crippen LogP contribution in [0.1, 0.15) is 51.0 Å². The van der Waals surface area contributed by atoms with Crippen LogP contribution in [0, 0.1) is 0 Å². The van der Waals surface area contributed by atoms with Crippen molar-refractivity contribution in [1.29, 1.82) is 0 Å². The van der Waals surface area contributed by atoms with E-state index in [1.54, 1.807) is 6.92 Å². The van der Waals surface area contributed by atoms with Crippen molar-refractivity contribution in [3.63, 3.8) is 0 Å². The first-order valence-corrected chi connectivity index (χ1v) is 6.32. The van der Waals surface area contributed by atoms with Crippen LogP contribution in [0.3, 0.4) is 0 Å². The molecule has 1 nitrogen and oxygen atoms in total. The van der Waals surface area contributed by atoms with Gasteiger partial charge in [0.1, 0.15) is 5.78 Å². The van der Waals surface area contributed by atoms with Crippen molar-refractivity contribution in [2.24, 2.45) is 0 Å². The maximum atomic E-state index is 12.1. The minimum atomic E-state index is -0.183. The molecule has 0 bridgehead atoms. The first-order chi connectivity index (χ1) is 7.76. The maximum absolute atomic E-state index is 12.1. The van der Waals surface area contributed by atoms with Crippen molar-refractivity contribution in [2.45, 2.75) is 50.9 Å². The standard InChI is InChI=1S/C15H20O/c1-13(16)15(11-7-2-3-8-12-15)14-9-5-4-6-10-14/h4-6,9-10H,2-3,7-8,11-12H2,1H3. The molecular formula is C15H20O. The van der Waals surface area contributed by atoms with Gasteiger partial charge >= 0.3 is 0 Å². The number of carbonyl (C=O) groups is 1. The highest BCUT2D eigenvalue weighted by molar-refractivity contribution is 5.88. The molecule has 0 aromatic heterocycles. The summed E-state index contributed by atoms with van der Waals surface area (Å²) in [6.07, 6.45) is 7.01. The van der Waals surface area contributed by atoms with Gasteiger partial charge in [0.2, 0.25) is 0 Å². The first kappa shape index (κ1) is 11.4. The van der Waals surface area contributed by atoms with Crippen LogP contribution in [0.2, 0.25) is 0 Å². The molecule has 0 amide bonds. The summed E-state index contributed by atoms with van der Waals surface area (Å²) < 4.78 is 0. The first-order valence-electron chi connectivity index (χ1n) is 6.32. The Labute approximate surface area is 97.9 Å². The largest absolute Gasteiger partial charge is 0.299 e. The van der Waals surface area contributed by atoms with Crippen LogP contribution in [-0.4, -0.2) is 5.78 Å². The fraction of sp³-hybridized carbons (Fsp3) is 0.533. The molecule has 1 heteroatoms. The van der Waals surface area contributed by atoms with Gasteiger partial charge in [-0.05, 0) is 25.3 Å². The molecule has 1 saturated carbocycles. The van der Waals surface area contributed by atoms with Crippen LogP contribution in [0.4, 0.5) is 0 Å². The Balaban J connectivity index is 2.38. The smallest absolute Gasteiger partial charge is 0.140 e. The average molecular weight is 216 g/mol. The molecule has 1 aliphatic carbocycles. The lowest BCUT2D eigenvalue weighted by molar-refractivity contribution is -0.123. The summed E-state index contributed by atoms with van der Waals surface area (Å²) >= 11 is 0. The van der Waals surface area contributed by atoms with Gasteiger partial charge in [-0.1, -0.05) is 56.0 Å². The third-order valence-electron chi connectivity index (χ3n) is 3.96. The number of hydrogen-bond acceptors (Lipinski definition) is 1. The summed E-state index contributed by atoms with van der Waals surface area (Å²) in [6, 6.07) is 10.4. The van der Waals surface area contributed by atoms with Gasteiger partial charge in [-0.25, -0.2) is 0 Å². The highest BCUT2D eigenvalue weighted by Gasteiger charge is 2.36. The predicted octanol–water partition coefficient (Wildman–Crippen LogP) is 3.87. The van der Waals surface area contributed by atoms with E-state index in [1.807, 2.05) is 18.2 Å². The maximum Gasteiger partial charge on any atom is 0.140 e. The summed E-state index contributed by atoms with van der Waals surface area (Å²) in [5, 5.41) is 0. The van der Waals surface area contributed by atoms with Gasteiger partial charge in [0, 0.05) is 0 Å². The monoisotopic (exact) mass is 216 g/mol. The van der Waals surface area contributed by atoms with Crippen LogP contribution in [-0.2, 0) is 10.2 Å². The van der Waals surface area contributed by atoms with Gasteiger partial charge in [-0.3, -0.25) is 4.79 Å². The van der Waals surface area contributed by atoms with Crippen molar-refractivity contribution in [3.05, 3.63) is 35.9 Å². The van der Waals surface area contributed by atoms with Crippen molar-refractivity contribution in [3.8, 4) is 0 Å². The SMILES string of the molecule is CC(=O)C1(c2ccccc2)CCCCCC1. The van der Waals surface area contributed by atoms with E-state index in [2.05, 4.69) is 12.1 Å². The van der Waals surface area contributed by atoms with Crippen LogP contribution in [0.5, 0.6) is 0 Å². The number of rotatable bonds is 2. The Morgan fingerprint density at radius 1 is 1.00 bits per heavy atom. The van der Waals surface area contributed by atoms with E-state index in [-0.39, 0.29) is 5.41 Å². The van der Waals surface area contributed by atoms with Crippen LogP contribution in [0.25, 0.3) is 0 Å². The third kappa shape index (κ3) is 2.04. The second-order valence-electron chi connectivity index (χ2n) is 4.92. The van der Waals surface area contributed by atoms with Crippen molar-refractivity contribution >= 4 is 5.78 Å². The van der Waals surface area contributed by atoms with E-state index in [9.17, 15) is 4.79 Å². The zero-order valence-electron chi connectivity index (χ0n) is 10.0. The Morgan fingerprint density at radius 2 is 1.56 bits per heavy atom. The quantitative estimate of drug-likeness (QED) is 0.686. The van der Waals surface area contributed by atoms with Crippen molar-refractivity contribution in [2.75, 3.05) is 0 Å². The molecule has 0 unspecified atom stereocenters. The highest BCUT2D eigenvalue weighted by Crippen LogP contribution is 2.38. The average Bonchev–Trinajstić information content (AvgIpc) is 2.56. The summed E-state index contributed by atoms with van der Waals surface area (Å²) in [6.45, 7) is 1.76. The second kappa shape index (κ2) is 4.82. The number of carbonyl (C=O) groups excluding carboxylic acids is 1. The van der Waals surface area contributed by atoms with E-state index in [0.717, 1.165) is 12.8 Å². The van der Waals surface area contributed by atoms with Gasteiger partial charge < -0.3 is 0 Å². The van der Waals surface area contributed by atoms with Gasteiger partial charge in [0.05, 0.1) is 5.41 Å². The van der Waals surface area contributed by atoms with Gasteiger partial charge in [-0.2, -0.15) is 0 Å². The van der Waals surface area contributed by atoms with E-state index in [4.69, 9.17) is 0 Å². The molecule has 1 aromatic carbocycles. The summed E-state index contributed by atoms with van der Waals surface area (Å²) in [7, 11) is 0. The van der Waals surface area contributed by atoms with E-state index >= 15 is 0 Å². The molecule has 2 rings (SSSR count). The Hall–Kier alpha value is -1.11. The van der Waals surface area contributed by atoms with Crippen molar-refractivity contribution in [1.82, 2.24) is 0 Å². The molecule has 1 fully saturated rings. The Bertz CT molecular complexity index is 345. The number of Topliss-reactive ketones (excluding diaryl/α,β-unsaturated/α-hetero) is 1. The molecule has 0 N–H and O–H groups in total. The zero-order chi connectivity index (χ0) is 11.4. The molecule has 0 radical (unpaired) electrons. The summed E-state index contributed by atoms with van der Waals surface area (Å²) in [5.41, 5.74) is 1.04. The molecule has 0 spiro atoms. The lowest BCUT2D eigenvalue weighted by Crippen LogP contribution is -2.33. The second-order valence-corrected chi connectivity index (χ2v) is 4.92. The minimum Gasteiger partial charge on any atom is -0.299 e. The summed E-state index contributed by atoms with van der Waals surface area (Å²) in [5.74, 6) is 0.348. The summed E-state index contributed by atoms with van der Waals surface area (Å²) in [4.78, 5) is 12.1. The zero-order valence-corrected chi connectivity index (χ0v) is 10.0. The van der Waals surface area contributed by atoms with Crippen LogP contribution >= 0.6 is 0 Å². The lowest BCUT2D eigenvalue weighted by Gasteiger charge is -2.30.